The van der Waals surface area contributed by atoms with Crippen molar-refractivity contribution in [1.82, 2.24) is 0 Å². The number of hydrogen-bond acceptors (Lipinski definition) is 3. The minimum absolute atomic E-state index is 0.00981. The molecule has 0 aliphatic carbocycles. The lowest BCUT2D eigenvalue weighted by Gasteiger charge is -2.30. The third-order valence-corrected chi connectivity index (χ3v) is 4.04. The molecule has 0 atom stereocenters. The van der Waals surface area contributed by atoms with Crippen molar-refractivity contribution in [1.29, 1.82) is 0 Å². The quantitative estimate of drug-likeness (QED) is 0.922. The van der Waals surface area contributed by atoms with Gasteiger partial charge in [0.05, 0.1) is 12.1 Å². The Labute approximate surface area is 124 Å². The zero-order valence-electron chi connectivity index (χ0n) is 12.5. The zero-order valence-corrected chi connectivity index (χ0v) is 12.5. The first-order valence-corrected chi connectivity index (χ1v) is 7.29. The monoisotopic (exact) mass is 284 g/mol. The summed E-state index contributed by atoms with van der Waals surface area (Å²) in [4.78, 5) is 14.6. The van der Waals surface area contributed by atoms with E-state index in [4.69, 9.17) is 10.2 Å². The molecule has 21 heavy (non-hydrogen) atoms. The Morgan fingerprint density at radius 1 is 1.33 bits per heavy atom. The lowest BCUT2D eigenvalue weighted by molar-refractivity contribution is 0.0984. The maximum atomic E-state index is 12.7. The molecule has 0 radical (unpaired) electrons. The van der Waals surface area contributed by atoms with Crippen molar-refractivity contribution in [2.45, 2.75) is 33.2 Å². The van der Waals surface area contributed by atoms with Gasteiger partial charge in [-0.1, -0.05) is 6.07 Å². The summed E-state index contributed by atoms with van der Waals surface area (Å²) in [7, 11) is 0. The lowest BCUT2D eigenvalue weighted by Crippen LogP contribution is -2.35. The molecule has 4 nitrogen and oxygen atoms in total. The van der Waals surface area contributed by atoms with E-state index < -0.39 is 0 Å². The fraction of sp³-hybridized carbons (Fsp3) is 0.353. The van der Waals surface area contributed by atoms with Crippen LogP contribution >= 0.6 is 0 Å². The van der Waals surface area contributed by atoms with Gasteiger partial charge < -0.3 is 15.1 Å². The van der Waals surface area contributed by atoms with E-state index in [0.717, 1.165) is 25.1 Å². The molecule has 110 valence electrons. The maximum Gasteiger partial charge on any atom is 0.261 e. The SMILES string of the molecule is Cc1cc(C)c2c(c1)N(C(=O)c1coc(CN)c1)CCC2. The zero-order chi connectivity index (χ0) is 15.0. The van der Waals surface area contributed by atoms with E-state index in [0.29, 0.717) is 17.9 Å². The van der Waals surface area contributed by atoms with E-state index in [1.807, 2.05) is 4.90 Å². The van der Waals surface area contributed by atoms with Crippen LogP contribution in [0.25, 0.3) is 0 Å². The summed E-state index contributed by atoms with van der Waals surface area (Å²) in [6.07, 6.45) is 3.52. The first-order valence-electron chi connectivity index (χ1n) is 7.29. The number of benzene rings is 1. The predicted octanol–water partition coefficient (Wildman–Crippen LogP) is 2.95. The molecule has 0 fully saturated rings. The van der Waals surface area contributed by atoms with E-state index in [1.165, 1.54) is 23.0 Å². The molecule has 0 unspecified atom stereocenters. The van der Waals surface area contributed by atoms with E-state index in [9.17, 15) is 4.79 Å². The molecule has 1 aliphatic rings. The number of amides is 1. The Bertz CT molecular complexity index is 688. The van der Waals surface area contributed by atoms with Crippen LogP contribution in [0.15, 0.2) is 28.9 Å². The van der Waals surface area contributed by atoms with E-state index in [1.54, 1.807) is 6.07 Å². The molecule has 0 saturated heterocycles. The van der Waals surface area contributed by atoms with Crippen LogP contribution in [-0.2, 0) is 13.0 Å². The van der Waals surface area contributed by atoms with Crippen molar-refractivity contribution in [2.75, 3.05) is 11.4 Å². The summed E-state index contributed by atoms with van der Waals surface area (Å²) in [6, 6.07) is 6.01. The fourth-order valence-corrected chi connectivity index (χ4v) is 3.04. The predicted molar refractivity (Wildman–Crippen MR) is 82.5 cm³/mol. The van der Waals surface area contributed by atoms with Crippen LogP contribution in [0.1, 0.15) is 39.2 Å². The Balaban J connectivity index is 1.99. The highest BCUT2D eigenvalue weighted by Crippen LogP contribution is 2.32. The molecule has 0 spiro atoms. The van der Waals surface area contributed by atoms with Crippen molar-refractivity contribution in [2.24, 2.45) is 5.73 Å². The Hall–Kier alpha value is -2.07. The number of nitrogens with two attached hydrogens (primary N) is 1. The molecule has 0 bridgehead atoms. The van der Waals surface area contributed by atoms with Crippen molar-refractivity contribution < 1.29 is 9.21 Å². The Kier molecular flexibility index (Phi) is 3.55. The second kappa shape index (κ2) is 5.37. The molecular formula is C17H20N2O2. The van der Waals surface area contributed by atoms with Crippen LogP contribution in [0.5, 0.6) is 0 Å². The molecule has 2 heterocycles. The third kappa shape index (κ3) is 2.47. The van der Waals surface area contributed by atoms with Gasteiger partial charge in [0.25, 0.3) is 5.91 Å². The van der Waals surface area contributed by atoms with Gasteiger partial charge in [-0.15, -0.1) is 0 Å². The number of rotatable bonds is 2. The minimum Gasteiger partial charge on any atom is -0.467 e. The normalized spacial score (nSPS) is 14.1. The summed E-state index contributed by atoms with van der Waals surface area (Å²) >= 11 is 0. The summed E-state index contributed by atoms with van der Waals surface area (Å²) in [5, 5.41) is 0. The second-order valence-electron chi connectivity index (χ2n) is 5.65. The standard InChI is InChI=1S/C17H20N2O2/c1-11-6-12(2)15-4-3-5-19(16(15)7-11)17(20)13-8-14(9-18)21-10-13/h6-8,10H,3-5,9,18H2,1-2H3. The average molecular weight is 284 g/mol. The van der Waals surface area contributed by atoms with Gasteiger partial charge in [0.2, 0.25) is 0 Å². The highest BCUT2D eigenvalue weighted by molar-refractivity contribution is 6.06. The molecule has 2 N–H and O–H groups in total. The largest absolute Gasteiger partial charge is 0.467 e. The van der Waals surface area contributed by atoms with Crippen molar-refractivity contribution in [3.05, 3.63) is 52.5 Å². The number of hydrogen-bond donors (Lipinski definition) is 1. The molecule has 0 saturated carbocycles. The van der Waals surface area contributed by atoms with Crippen molar-refractivity contribution >= 4 is 11.6 Å². The number of fused-ring (bicyclic) bond motifs is 1. The van der Waals surface area contributed by atoms with Gasteiger partial charge in [-0.05, 0) is 55.5 Å². The van der Waals surface area contributed by atoms with Crippen LogP contribution in [0.4, 0.5) is 5.69 Å². The van der Waals surface area contributed by atoms with Gasteiger partial charge in [0, 0.05) is 12.2 Å². The molecule has 1 aromatic carbocycles. The summed E-state index contributed by atoms with van der Waals surface area (Å²) in [6.45, 7) is 5.24. The van der Waals surface area contributed by atoms with Gasteiger partial charge in [-0.25, -0.2) is 0 Å². The van der Waals surface area contributed by atoms with Crippen LogP contribution < -0.4 is 10.6 Å². The molecule has 4 heteroatoms. The van der Waals surface area contributed by atoms with Crippen molar-refractivity contribution in [3.8, 4) is 0 Å². The molecule has 2 aromatic rings. The molecule has 1 aliphatic heterocycles. The lowest BCUT2D eigenvalue weighted by atomic mass is 9.94. The summed E-state index contributed by atoms with van der Waals surface area (Å²) < 4.78 is 5.29. The van der Waals surface area contributed by atoms with E-state index >= 15 is 0 Å². The van der Waals surface area contributed by atoms with Crippen LogP contribution in [0, 0.1) is 13.8 Å². The Morgan fingerprint density at radius 3 is 2.86 bits per heavy atom. The highest BCUT2D eigenvalue weighted by Gasteiger charge is 2.25. The number of anilines is 1. The first-order chi connectivity index (χ1) is 10.1. The minimum atomic E-state index is -0.00981. The van der Waals surface area contributed by atoms with Gasteiger partial charge in [-0.3, -0.25) is 4.79 Å². The van der Waals surface area contributed by atoms with Gasteiger partial charge in [0.1, 0.15) is 12.0 Å². The van der Waals surface area contributed by atoms with Crippen molar-refractivity contribution in [3.63, 3.8) is 0 Å². The van der Waals surface area contributed by atoms with Gasteiger partial charge in [-0.2, -0.15) is 0 Å². The molecule has 1 aromatic heterocycles. The fourth-order valence-electron chi connectivity index (χ4n) is 3.04. The Morgan fingerprint density at radius 2 is 2.14 bits per heavy atom. The van der Waals surface area contributed by atoms with Crippen LogP contribution in [-0.4, -0.2) is 12.5 Å². The summed E-state index contributed by atoms with van der Waals surface area (Å²) in [5.41, 5.74) is 10.9. The number of carbonyl (C=O) groups excluding carboxylic acids is 1. The average Bonchev–Trinajstić information content (AvgIpc) is 2.95. The molecule has 1 amide bonds. The third-order valence-electron chi connectivity index (χ3n) is 4.04. The van der Waals surface area contributed by atoms with Gasteiger partial charge >= 0.3 is 0 Å². The highest BCUT2D eigenvalue weighted by atomic mass is 16.3. The topological polar surface area (TPSA) is 59.5 Å². The van der Waals surface area contributed by atoms with Crippen LogP contribution in [0.3, 0.4) is 0 Å². The van der Waals surface area contributed by atoms with Gasteiger partial charge in [0.15, 0.2) is 0 Å². The molecular weight excluding hydrogens is 264 g/mol. The van der Waals surface area contributed by atoms with E-state index in [2.05, 4.69) is 26.0 Å². The first kappa shape index (κ1) is 13.9. The number of nitrogens with zero attached hydrogens (tertiary/aromatic N) is 1. The number of furan rings is 1. The number of aryl methyl sites for hydroxylation is 2. The van der Waals surface area contributed by atoms with Crippen LogP contribution in [0.2, 0.25) is 0 Å². The second-order valence-corrected chi connectivity index (χ2v) is 5.65. The van der Waals surface area contributed by atoms with E-state index in [-0.39, 0.29) is 5.91 Å². The maximum absolute atomic E-state index is 12.7. The number of carbonyl (C=O) groups is 1. The smallest absolute Gasteiger partial charge is 0.261 e. The summed E-state index contributed by atoms with van der Waals surface area (Å²) in [5.74, 6) is 0.625. The molecule has 3 rings (SSSR count).